The summed E-state index contributed by atoms with van der Waals surface area (Å²) >= 11 is 0. The summed E-state index contributed by atoms with van der Waals surface area (Å²) in [4.78, 5) is 13.5. The summed E-state index contributed by atoms with van der Waals surface area (Å²) in [5.74, 6) is 2.05. The molecular weight excluding hydrogens is 250 g/mol. The highest BCUT2D eigenvalue weighted by Gasteiger charge is 2.28. The Morgan fingerprint density at radius 3 is 2.80 bits per heavy atom. The highest BCUT2D eigenvalue weighted by atomic mass is 16.4. The zero-order valence-electron chi connectivity index (χ0n) is 13.2. The second kappa shape index (κ2) is 7.44. The maximum atomic E-state index is 10.9. The first-order valence-corrected chi connectivity index (χ1v) is 8.48. The number of rotatable bonds is 5. The molecule has 2 fully saturated rings. The zero-order valence-corrected chi connectivity index (χ0v) is 13.2. The average Bonchev–Trinajstić information content (AvgIpc) is 2.38. The van der Waals surface area contributed by atoms with Crippen molar-refractivity contribution in [1.29, 1.82) is 0 Å². The fourth-order valence-electron chi connectivity index (χ4n) is 4.25. The fourth-order valence-corrected chi connectivity index (χ4v) is 4.25. The van der Waals surface area contributed by atoms with Crippen LogP contribution in [0.2, 0.25) is 0 Å². The Morgan fingerprint density at radius 2 is 2.10 bits per heavy atom. The topological polar surface area (TPSA) is 40.5 Å². The lowest BCUT2D eigenvalue weighted by Crippen LogP contribution is -2.41. The van der Waals surface area contributed by atoms with Gasteiger partial charge in [-0.05, 0) is 55.9 Å². The third-order valence-electron chi connectivity index (χ3n) is 5.40. The van der Waals surface area contributed by atoms with E-state index in [2.05, 4.69) is 18.7 Å². The van der Waals surface area contributed by atoms with Gasteiger partial charge < -0.3 is 10.0 Å². The largest absolute Gasteiger partial charge is 0.481 e. The number of carboxylic acids is 1. The first kappa shape index (κ1) is 15.8. The van der Waals surface area contributed by atoms with Gasteiger partial charge in [0.05, 0.1) is 0 Å². The first-order chi connectivity index (χ1) is 9.54. The number of nitrogens with zero attached hydrogens (tertiary/aromatic N) is 1. The summed E-state index contributed by atoms with van der Waals surface area (Å²) in [5, 5.41) is 8.96. The summed E-state index contributed by atoms with van der Waals surface area (Å²) in [7, 11) is 0. The summed E-state index contributed by atoms with van der Waals surface area (Å²) in [6, 6.07) is 0. The summed E-state index contributed by atoms with van der Waals surface area (Å²) in [5.41, 5.74) is 0. The normalized spacial score (nSPS) is 33.8. The van der Waals surface area contributed by atoms with E-state index < -0.39 is 5.97 Å². The van der Waals surface area contributed by atoms with E-state index in [0.29, 0.717) is 18.3 Å². The van der Waals surface area contributed by atoms with Crippen LogP contribution in [-0.2, 0) is 4.79 Å². The van der Waals surface area contributed by atoms with E-state index in [1.165, 1.54) is 51.6 Å². The van der Waals surface area contributed by atoms with Crippen LogP contribution in [0, 0.1) is 23.7 Å². The molecule has 0 amide bonds. The van der Waals surface area contributed by atoms with Gasteiger partial charge in [0.15, 0.2) is 0 Å². The second-order valence-electron chi connectivity index (χ2n) is 7.37. The molecule has 1 aliphatic heterocycles. The van der Waals surface area contributed by atoms with Crippen molar-refractivity contribution in [3.8, 4) is 0 Å². The minimum Gasteiger partial charge on any atom is -0.481 e. The van der Waals surface area contributed by atoms with Crippen molar-refractivity contribution in [2.75, 3.05) is 19.6 Å². The molecule has 0 aromatic rings. The number of carboxylic acid groups (broad SMARTS) is 1. The quantitative estimate of drug-likeness (QED) is 0.836. The molecule has 1 saturated heterocycles. The van der Waals surface area contributed by atoms with Gasteiger partial charge in [0.25, 0.3) is 0 Å². The fraction of sp³-hybridized carbons (Fsp3) is 0.941. The Bertz CT molecular complexity index is 318. The Balaban J connectivity index is 1.79. The molecule has 3 nitrogen and oxygen atoms in total. The second-order valence-corrected chi connectivity index (χ2v) is 7.37. The monoisotopic (exact) mass is 281 g/mol. The summed E-state index contributed by atoms with van der Waals surface area (Å²) in [6.07, 6.45) is 8.40. The van der Waals surface area contributed by atoms with Crippen LogP contribution in [0.3, 0.4) is 0 Å². The number of carbonyl (C=O) groups is 1. The van der Waals surface area contributed by atoms with Crippen molar-refractivity contribution in [2.24, 2.45) is 23.7 Å². The number of hydrogen-bond acceptors (Lipinski definition) is 2. The van der Waals surface area contributed by atoms with Crippen LogP contribution in [-0.4, -0.2) is 35.6 Å². The van der Waals surface area contributed by atoms with Crippen molar-refractivity contribution in [2.45, 2.75) is 58.8 Å². The summed E-state index contributed by atoms with van der Waals surface area (Å²) in [6.45, 7) is 8.10. The van der Waals surface area contributed by atoms with Gasteiger partial charge >= 0.3 is 5.97 Å². The molecule has 2 rings (SSSR count). The highest BCUT2D eigenvalue weighted by molar-refractivity contribution is 5.67. The molecule has 1 heterocycles. The first-order valence-electron chi connectivity index (χ1n) is 8.48. The van der Waals surface area contributed by atoms with E-state index in [1.54, 1.807) is 0 Å². The van der Waals surface area contributed by atoms with E-state index in [-0.39, 0.29) is 0 Å². The average molecular weight is 281 g/mol. The molecule has 0 spiro atoms. The molecule has 116 valence electrons. The van der Waals surface area contributed by atoms with Crippen LogP contribution >= 0.6 is 0 Å². The lowest BCUT2D eigenvalue weighted by atomic mass is 9.81. The molecule has 1 saturated carbocycles. The van der Waals surface area contributed by atoms with E-state index in [1.807, 2.05) is 0 Å². The van der Waals surface area contributed by atoms with Gasteiger partial charge in [-0.15, -0.1) is 0 Å². The molecule has 1 aliphatic carbocycles. The van der Waals surface area contributed by atoms with Crippen molar-refractivity contribution < 1.29 is 9.90 Å². The van der Waals surface area contributed by atoms with E-state index in [0.717, 1.165) is 18.4 Å². The maximum absolute atomic E-state index is 10.9. The summed E-state index contributed by atoms with van der Waals surface area (Å²) < 4.78 is 0. The van der Waals surface area contributed by atoms with Crippen LogP contribution in [0.25, 0.3) is 0 Å². The molecular formula is C17H31NO2. The van der Waals surface area contributed by atoms with Crippen LogP contribution in [0.4, 0.5) is 0 Å². The Labute approximate surface area is 123 Å². The number of likely N-dealkylation sites (tertiary alicyclic amines) is 1. The molecule has 0 aromatic carbocycles. The third-order valence-corrected chi connectivity index (χ3v) is 5.40. The van der Waals surface area contributed by atoms with E-state index >= 15 is 0 Å². The van der Waals surface area contributed by atoms with Gasteiger partial charge in [0.2, 0.25) is 0 Å². The van der Waals surface area contributed by atoms with Crippen molar-refractivity contribution >= 4 is 5.97 Å². The molecule has 4 atom stereocenters. The zero-order chi connectivity index (χ0) is 14.5. The Kier molecular flexibility index (Phi) is 5.88. The lowest BCUT2D eigenvalue weighted by Gasteiger charge is -2.38. The SMILES string of the molecule is CC1CCCC(CN2CCCC(C(C)CC(=O)O)C2)C1. The number of hydrogen-bond donors (Lipinski definition) is 1. The van der Waals surface area contributed by atoms with Crippen molar-refractivity contribution in [1.82, 2.24) is 4.90 Å². The third kappa shape index (κ3) is 4.76. The van der Waals surface area contributed by atoms with Gasteiger partial charge in [-0.3, -0.25) is 4.79 Å². The predicted octanol–water partition coefficient (Wildman–Crippen LogP) is 3.64. The lowest BCUT2D eigenvalue weighted by molar-refractivity contribution is -0.138. The Morgan fingerprint density at radius 1 is 1.30 bits per heavy atom. The Hall–Kier alpha value is -0.570. The standard InChI is InChI=1S/C17H31NO2/c1-13-5-3-6-15(9-13)11-18-8-4-7-16(12-18)14(2)10-17(19)20/h13-16H,3-12H2,1-2H3,(H,19,20). The molecule has 2 aliphatic rings. The molecule has 0 bridgehead atoms. The van der Waals surface area contributed by atoms with Crippen LogP contribution in [0.15, 0.2) is 0 Å². The molecule has 4 unspecified atom stereocenters. The molecule has 20 heavy (non-hydrogen) atoms. The smallest absolute Gasteiger partial charge is 0.303 e. The number of aliphatic carboxylic acids is 1. The minimum atomic E-state index is -0.643. The van der Waals surface area contributed by atoms with E-state index in [9.17, 15) is 4.79 Å². The molecule has 0 aromatic heterocycles. The maximum Gasteiger partial charge on any atom is 0.303 e. The van der Waals surface area contributed by atoms with Crippen LogP contribution in [0.1, 0.15) is 58.8 Å². The van der Waals surface area contributed by atoms with Gasteiger partial charge in [0, 0.05) is 19.5 Å². The molecule has 0 radical (unpaired) electrons. The molecule has 3 heteroatoms. The van der Waals surface area contributed by atoms with Crippen LogP contribution < -0.4 is 0 Å². The molecule has 1 N–H and O–H groups in total. The van der Waals surface area contributed by atoms with Gasteiger partial charge in [-0.25, -0.2) is 0 Å². The number of piperidine rings is 1. The van der Waals surface area contributed by atoms with Gasteiger partial charge in [-0.1, -0.05) is 26.7 Å². The van der Waals surface area contributed by atoms with Crippen molar-refractivity contribution in [3.63, 3.8) is 0 Å². The van der Waals surface area contributed by atoms with E-state index in [4.69, 9.17) is 5.11 Å². The predicted molar refractivity (Wildman–Crippen MR) is 81.7 cm³/mol. The minimum absolute atomic E-state index is 0.320. The van der Waals surface area contributed by atoms with Crippen molar-refractivity contribution in [3.05, 3.63) is 0 Å². The van der Waals surface area contributed by atoms with Gasteiger partial charge in [-0.2, -0.15) is 0 Å². The van der Waals surface area contributed by atoms with Crippen LogP contribution in [0.5, 0.6) is 0 Å². The van der Waals surface area contributed by atoms with Gasteiger partial charge in [0.1, 0.15) is 0 Å². The highest BCUT2D eigenvalue weighted by Crippen LogP contribution is 2.31.